The van der Waals surface area contributed by atoms with E-state index >= 15 is 0 Å². The van der Waals surface area contributed by atoms with Crippen molar-refractivity contribution in [1.29, 1.82) is 0 Å². The molecule has 24 heavy (non-hydrogen) atoms. The first-order valence-corrected chi connectivity index (χ1v) is 8.98. The molecule has 5 heteroatoms. The maximum Gasteiger partial charge on any atom is 0.253 e. The number of hydrogen-bond acceptors (Lipinski definition) is 4. The van der Waals surface area contributed by atoms with E-state index in [1.165, 1.54) is 5.56 Å². The molecule has 2 fully saturated rings. The molecule has 0 aliphatic carbocycles. The average molecular weight is 332 g/mol. The van der Waals surface area contributed by atoms with Crippen LogP contribution in [0.1, 0.15) is 25.3 Å². The van der Waals surface area contributed by atoms with E-state index in [0.717, 1.165) is 39.0 Å². The molecule has 0 aromatic heterocycles. The summed E-state index contributed by atoms with van der Waals surface area (Å²) in [5.74, 6) is 0.424. The molecule has 2 aliphatic rings. The number of rotatable bonds is 4. The number of ether oxygens (including phenoxy) is 1. The predicted octanol–water partition coefficient (Wildman–Crippen LogP) is 1.51. The summed E-state index contributed by atoms with van der Waals surface area (Å²) in [5, 5.41) is 9.69. The molecule has 0 bridgehead atoms. The molecule has 2 aliphatic heterocycles. The van der Waals surface area contributed by atoms with Crippen LogP contribution >= 0.6 is 0 Å². The largest absolute Gasteiger partial charge is 0.393 e. The first-order valence-electron chi connectivity index (χ1n) is 8.98. The van der Waals surface area contributed by atoms with Crippen LogP contribution in [0.4, 0.5) is 0 Å². The Labute approximate surface area is 144 Å². The van der Waals surface area contributed by atoms with Crippen LogP contribution in [0.25, 0.3) is 0 Å². The number of hydrogen-bond donors (Lipinski definition) is 1. The number of morpholine rings is 1. The second-order valence-corrected chi connectivity index (χ2v) is 6.98. The van der Waals surface area contributed by atoms with Gasteiger partial charge in [-0.2, -0.15) is 0 Å². The zero-order valence-electron chi connectivity index (χ0n) is 14.4. The standard InChI is InChI=1S/C19H28N2O3/c1-15(22)17-7-9-21(10-8-17)19(23)18-14-20(11-12-24-18)13-16-5-3-2-4-6-16/h2-6,15,17-18,22H,7-14H2,1H3. The smallest absolute Gasteiger partial charge is 0.253 e. The Hall–Kier alpha value is -1.43. The fraction of sp³-hybridized carbons (Fsp3) is 0.632. The summed E-state index contributed by atoms with van der Waals surface area (Å²) in [7, 11) is 0. The minimum atomic E-state index is -0.356. The molecule has 0 saturated carbocycles. The Kier molecular flexibility index (Phi) is 5.87. The van der Waals surface area contributed by atoms with Gasteiger partial charge in [-0.25, -0.2) is 0 Å². The fourth-order valence-corrected chi connectivity index (χ4v) is 3.64. The lowest BCUT2D eigenvalue weighted by Crippen LogP contribution is -2.52. The van der Waals surface area contributed by atoms with Gasteiger partial charge in [-0.1, -0.05) is 30.3 Å². The fourth-order valence-electron chi connectivity index (χ4n) is 3.64. The molecule has 0 spiro atoms. The second-order valence-electron chi connectivity index (χ2n) is 6.98. The summed E-state index contributed by atoms with van der Waals surface area (Å²) in [6, 6.07) is 10.3. The highest BCUT2D eigenvalue weighted by atomic mass is 16.5. The summed E-state index contributed by atoms with van der Waals surface area (Å²) in [6.45, 7) is 6.28. The lowest BCUT2D eigenvalue weighted by atomic mass is 9.92. The van der Waals surface area contributed by atoms with E-state index in [1.807, 2.05) is 30.0 Å². The van der Waals surface area contributed by atoms with E-state index in [1.54, 1.807) is 0 Å². The molecule has 1 aromatic carbocycles. The summed E-state index contributed by atoms with van der Waals surface area (Å²) >= 11 is 0. The van der Waals surface area contributed by atoms with Gasteiger partial charge in [0.1, 0.15) is 6.10 Å². The number of aliphatic hydroxyl groups is 1. The normalized spacial score (nSPS) is 24.8. The van der Waals surface area contributed by atoms with Crippen LogP contribution in [0.2, 0.25) is 0 Å². The Morgan fingerprint density at radius 3 is 2.62 bits per heavy atom. The summed E-state index contributed by atoms with van der Waals surface area (Å²) < 4.78 is 5.75. The Balaban J connectivity index is 1.52. The first kappa shape index (κ1) is 17.4. The highest BCUT2D eigenvalue weighted by Crippen LogP contribution is 2.22. The maximum atomic E-state index is 12.7. The van der Waals surface area contributed by atoms with Crippen molar-refractivity contribution < 1.29 is 14.6 Å². The zero-order valence-corrected chi connectivity index (χ0v) is 14.4. The number of benzene rings is 1. The van der Waals surface area contributed by atoms with Crippen LogP contribution in [-0.2, 0) is 16.1 Å². The van der Waals surface area contributed by atoms with Crippen LogP contribution in [0.3, 0.4) is 0 Å². The molecule has 2 heterocycles. The van der Waals surface area contributed by atoms with Crippen molar-refractivity contribution in [3.8, 4) is 0 Å². The van der Waals surface area contributed by atoms with Gasteiger partial charge in [-0.15, -0.1) is 0 Å². The molecule has 2 atom stereocenters. The lowest BCUT2D eigenvalue weighted by Gasteiger charge is -2.38. The minimum Gasteiger partial charge on any atom is -0.393 e. The van der Waals surface area contributed by atoms with Gasteiger partial charge in [-0.05, 0) is 31.2 Å². The molecule has 5 nitrogen and oxygen atoms in total. The minimum absolute atomic E-state index is 0.108. The number of aliphatic hydroxyl groups excluding tert-OH is 1. The molecule has 2 saturated heterocycles. The summed E-state index contributed by atoms with van der Waals surface area (Å²) in [6.07, 6.45) is 1.12. The molecule has 132 valence electrons. The highest BCUT2D eigenvalue weighted by molar-refractivity contribution is 5.81. The van der Waals surface area contributed by atoms with E-state index in [2.05, 4.69) is 17.0 Å². The first-order chi connectivity index (χ1) is 11.6. The van der Waals surface area contributed by atoms with Gasteiger partial charge in [0.15, 0.2) is 0 Å². The molecule has 2 unspecified atom stereocenters. The van der Waals surface area contributed by atoms with Crippen molar-refractivity contribution >= 4 is 5.91 Å². The number of amides is 1. The van der Waals surface area contributed by atoms with E-state index in [4.69, 9.17) is 4.74 Å². The van der Waals surface area contributed by atoms with Crippen molar-refractivity contribution in [1.82, 2.24) is 9.80 Å². The van der Waals surface area contributed by atoms with Gasteiger partial charge in [0.2, 0.25) is 0 Å². The molecule has 0 radical (unpaired) electrons. The third kappa shape index (κ3) is 4.35. The summed E-state index contributed by atoms with van der Waals surface area (Å²) in [5.41, 5.74) is 1.27. The van der Waals surface area contributed by atoms with Crippen LogP contribution in [0.15, 0.2) is 30.3 Å². The van der Waals surface area contributed by atoms with Gasteiger partial charge < -0.3 is 14.7 Å². The number of nitrogens with zero attached hydrogens (tertiary/aromatic N) is 2. The molecular weight excluding hydrogens is 304 g/mol. The van der Waals surface area contributed by atoms with Crippen molar-refractivity contribution in [2.24, 2.45) is 5.92 Å². The Morgan fingerprint density at radius 1 is 1.25 bits per heavy atom. The number of carbonyl (C=O) groups is 1. The van der Waals surface area contributed by atoms with E-state index in [-0.39, 0.29) is 18.1 Å². The predicted molar refractivity (Wildman–Crippen MR) is 92.4 cm³/mol. The van der Waals surface area contributed by atoms with E-state index in [9.17, 15) is 9.90 Å². The van der Waals surface area contributed by atoms with Crippen molar-refractivity contribution in [3.05, 3.63) is 35.9 Å². The van der Waals surface area contributed by atoms with Crippen LogP contribution < -0.4 is 0 Å². The third-order valence-electron chi connectivity index (χ3n) is 5.21. The zero-order chi connectivity index (χ0) is 16.9. The van der Waals surface area contributed by atoms with Gasteiger partial charge in [0.25, 0.3) is 5.91 Å². The van der Waals surface area contributed by atoms with Gasteiger partial charge in [0.05, 0.1) is 12.7 Å². The molecule has 1 aromatic rings. The van der Waals surface area contributed by atoms with Gasteiger partial charge >= 0.3 is 0 Å². The lowest BCUT2D eigenvalue weighted by molar-refractivity contribution is -0.151. The van der Waals surface area contributed by atoms with Gasteiger partial charge in [0, 0.05) is 32.7 Å². The number of carbonyl (C=O) groups excluding carboxylic acids is 1. The second kappa shape index (κ2) is 8.10. The quantitative estimate of drug-likeness (QED) is 0.908. The third-order valence-corrected chi connectivity index (χ3v) is 5.21. The Morgan fingerprint density at radius 2 is 1.96 bits per heavy atom. The Bertz CT molecular complexity index is 527. The highest BCUT2D eigenvalue weighted by Gasteiger charge is 2.33. The summed E-state index contributed by atoms with van der Waals surface area (Å²) in [4.78, 5) is 16.9. The molecular formula is C19H28N2O3. The van der Waals surface area contributed by atoms with Crippen molar-refractivity contribution in [2.75, 3.05) is 32.8 Å². The SMILES string of the molecule is CC(O)C1CCN(C(=O)C2CN(Cc3ccccc3)CCO2)CC1. The topological polar surface area (TPSA) is 53.0 Å². The van der Waals surface area contributed by atoms with Crippen LogP contribution in [0.5, 0.6) is 0 Å². The number of piperidine rings is 1. The number of likely N-dealkylation sites (tertiary alicyclic amines) is 1. The van der Waals surface area contributed by atoms with Gasteiger partial charge in [-0.3, -0.25) is 9.69 Å². The van der Waals surface area contributed by atoms with E-state index in [0.29, 0.717) is 19.1 Å². The van der Waals surface area contributed by atoms with Crippen molar-refractivity contribution in [2.45, 2.75) is 38.5 Å². The molecule has 1 amide bonds. The average Bonchev–Trinajstić information content (AvgIpc) is 2.62. The van der Waals surface area contributed by atoms with Crippen LogP contribution in [0, 0.1) is 5.92 Å². The monoisotopic (exact) mass is 332 g/mol. The van der Waals surface area contributed by atoms with E-state index < -0.39 is 0 Å². The maximum absolute atomic E-state index is 12.7. The van der Waals surface area contributed by atoms with Crippen LogP contribution in [-0.4, -0.2) is 65.8 Å². The van der Waals surface area contributed by atoms with Crippen molar-refractivity contribution in [3.63, 3.8) is 0 Å². The molecule has 3 rings (SSSR count). The molecule has 1 N–H and O–H groups in total.